The molecule has 1 amide bonds. The second-order valence-electron chi connectivity index (χ2n) is 2.60. The third-order valence-electron chi connectivity index (χ3n) is 1.58. The Morgan fingerprint density at radius 2 is 2.20 bits per heavy atom. The van der Waals surface area contributed by atoms with Crippen LogP contribution < -0.4 is 5.73 Å². The number of rotatable bonds is 4. The van der Waals surface area contributed by atoms with Crippen LogP contribution in [0, 0.1) is 5.92 Å². The summed E-state index contributed by atoms with van der Waals surface area (Å²) in [6.07, 6.45) is 0.770. The minimum atomic E-state index is -0.387. The zero-order valence-electron chi connectivity index (χ0n) is 6.50. The standard InChI is InChI=1S/C7H15NO2/c1-3-6(9)4-5(2)7(8)10/h5-6,9H,3-4H2,1-2H3,(H2,8,10)/t5-,6+/m1/s1. The molecule has 0 aliphatic carbocycles. The SMILES string of the molecule is CC[C@H](O)C[C@@H](C)C(N)=O. The maximum atomic E-state index is 10.5. The lowest BCUT2D eigenvalue weighted by Crippen LogP contribution is -2.24. The number of nitrogens with two attached hydrogens (primary N) is 1. The highest BCUT2D eigenvalue weighted by Gasteiger charge is 2.12. The van der Waals surface area contributed by atoms with E-state index in [-0.39, 0.29) is 17.9 Å². The molecule has 0 spiro atoms. The Bertz CT molecular complexity index is 114. The van der Waals surface area contributed by atoms with Gasteiger partial charge in [-0.05, 0) is 12.8 Å². The van der Waals surface area contributed by atoms with Gasteiger partial charge in [0.1, 0.15) is 0 Å². The van der Waals surface area contributed by atoms with Crippen LogP contribution in [0.25, 0.3) is 0 Å². The molecule has 0 aliphatic heterocycles. The third kappa shape index (κ3) is 3.45. The minimum Gasteiger partial charge on any atom is -0.393 e. The average Bonchev–Trinajstić information content (AvgIpc) is 1.87. The van der Waals surface area contributed by atoms with Crippen molar-refractivity contribution in [2.75, 3.05) is 0 Å². The van der Waals surface area contributed by atoms with Gasteiger partial charge in [0.2, 0.25) is 5.91 Å². The number of primary amides is 1. The first-order valence-electron chi connectivity index (χ1n) is 3.55. The molecule has 3 nitrogen and oxygen atoms in total. The van der Waals surface area contributed by atoms with E-state index in [1.807, 2.05) is 6.92 Å². The van der Waals surface area contributed by atoms with Gasteiger partial charge < -0.3 is 10.8 Å². The first kappa shape index (κ1) is 9.43. The molecule has 3 N–H and O–H groups in total. The molecule has 0 fully saturated rings. The quantitative estimate of drug-likeness (QED) is 0.596. The molecule has 0 saturated heterocycles. The largest absolute Gasteiger partial charge is 0.393 e. The fourth-order valence-corrected chi connectivity index (χ4v) is 0.691. The van der Waals surface area contributed by atoms with Crippen LogP contribution >= 0.6 is 0 Å². The van der Waals surface area contributed by atoms with E-state index in [1.165, 1.54) is 0 Å². The summed E-state index contributed by atoms with van der Waals surface area (Å²) in [6.45, 7) is 3.60. The van der Waals surface area contributed by atoms with E-state index >= 15 is 0 Å². The normalized spacial score (nSPS) is 16.3. The summed E-state index contributed by atoms with van der Waals surface area (Å²) in [4.78, 5) is 10.5. The Morgan fingerprint density at radius 3 is 2.50 bits per heavy atom. The number of hydrogen-bond donors (Lipinski definition) is 2. The van der Waals surface area contributed by atoms with Crippen LogP contribution in [-0.4, -0.2) is 17.1 Å². The molecule has 0 saturated carbocycles. The molecular weight excluding hydrogens is 130 g/mol. The van der Waals surface area contributed by atoms with E-state index in [0.717, 1.165) is 0 Å². The fourth-order valence-electron chi connectivity index (χ4n) is 0.691. The van der Waals surface area contributed by atoms with E-state index < -0.39 is 0 Å². The van der Waals surface area contributed by atoms with Crippen molar-refractivity contribution in [2.24, 2.45) is 11.7 Å². The minimum absolute atomic E-state index is 0.213. The van der Waals surface area contributed by atoms with Crippen LogP contribution in [0.4, 0.5) is 0 Å². The van der Waals surface area contributed by atoms with E-state index in [0.29, 0.717) is 12.8 Å². The molecule has 0 radical (unpaired) electrons. The van der Waals surface area contributed by atoms with Gasteiger partial charge in [0.15, 0.2) is 0 Å². The van der Waals surface area contributed by atoms with Gasteiger partial charge in [0, 0.05) is 5.92 Å². The number of hydrogen-bond acceptors (Lipinski definition) is 2. The molecule has 0 aromatic rings. The first-order valence-corrected chi connectivity index (χ1v) is 3.55. The Labute approximate surface area is 61.2 Å². The third-order valence-corrected chi connectivity index (χ3v) is 1.58. The zero-order valence-corrected chi connectivity index (χ0v) is 6.50. The number of amides is 1. The molecule has 0 aliphatic rings. The highest BCUT2D eigenvalue weighted by molar-refractivity contribution is 5.76. The van der Waals surface area contributed by atoms with E-state index in [1.54, 1.807) is 6.92 Å². The van der Waals surface area contributed by atoms with Crippen molar-refractivity contribution in [1.82, 2.24) is 0 Å². The van der Waals surface area contributed by atoms with Gasteiger partial charge >= 0.3 is 0 Å². The van der Waals surface area contributed by atoms with Gasteiger partial charge in [-0.2, -0.15) is 0 Å². The Morgan fingerprint density at radius 1 is 1.70 bits per heavy atom. The molecule has 0 aromatic heterocycles. The summed E-state index contributed by atoms with van der Waals surface area (Å²) in [7, 11) is 0. The maximum Gasteiger partial charge on any atom is 0.220 e. The zero-order chi connectivity index (χ0) is 8.15. The lowest BCUT2D eigenvalue weighted by Gasteiger charge is -2.10. The smallest absolute Gasteiger partial charge is 0.220 e. The average molecular weight is 145 g/mol. The second kappa shape index (κ2) is 4.28. The van der Waals surface area contributed by atoms with Crippen molar-refractivity contribution < 1.29 is 9.90 Å². The summed E-state index contributed by atoms with van der Waals surface area (Å²) >= 11 is 0. The molecule has 0 heterocycles. The molecule has 0 aromatic carbocycles. The summed E-state index contributed by atoms with van der Waals surface area (Å²) in [5.41, 5.74) is 4.99. The Kier molecular flexibility index (Phi) is 4.03. The van der Waals surface area contributed by atoms with E-state index in [4.69, 9.17) is 10.8 Å². The molecule has 60 valence electrons. The summed E-state index contributed by atoms with van der Waals surface area (Å²) in [6, 6.07) is 0. The fraction of sp³-hybridized carbons (Fsp3) is 0.857. The predicted octanol–water partition coefficient (Wildman–Crippen LogP) is 0.269. The van der Waals surface area contributed by atoms with Gasteiger partial charge in [-0.3, -0.25) is 4.79 Å². The summed E-state index contributed by atoms with van der Waals surface area (Å²) in [5.74, 6) is -0.553. The van der Waals surface area contributed by atoms with Crippen LogP contribution in [-0.2, 0) is 4.79 Å². The summed E-state index contributed by atoms with van der Waals surface area (Å²) < 4.78 is 0. The predicted molar refractivity (Wildman–Crippen MR) is 39.3 cm³/mol. The number of aliphatic hydroxyl groups excluding tert-OH is 1. The molecular formula is C7H15NO2. The molecule has 2 atom stereocenters. The monoisotopic (exact) mass is 145 g/mol. The molecule has 3 heteroatoms. The van der Waals surface area contributed by atoms with Gasteiger partial charge in [-0.1, -0.05) is 13.8 Å². The molecule has 0 unspecified atom stereocenters. The van der Waals surface area contributed by atoms with Gasteiger partial charge in [-0.15, -0.1) is 0 Å². The van der Waals surface area contributed by atoms with Crippen molar-refractivity contribution in [1.29, 1.82) is 0 Å². The topological polar surface area (TPSA) is 63.3 Å². The first-order chi connectivity index (χ1) is 4.57. The van der Waals surface area contributed by atoms with Crippen molar-refractivity contribution in [3.8, 4) is 0 Å². The van der Waals surface area contributed by atoms with E-state index in [2.05, 4.69) is 0 Å². The summed E-state index contributed by atoms with van der Waals surface area (Å²) in [5, 5.41) is 9.07. The number of carbonyl (C=O) groups excluding carboxylic acids is 1. The second-order valence-corrected chi connectivity index (χ2v) is 2.60. The van der Waals surface area contributed by atoms with Crippen molar-refractivity contribution in [3.05, 3.63) is 0 Å². The van der Waals surface area contributed by atoms with Crippen LogP contribution in [0.1, 0.15) is 26.7 Å². The highest BCUT2D eigenvalue weighted by atomic mass is 16.3. The van der Waals surface area contributed by atoms with Crippen molar-refractivity contribution >= 4 is 5.91 Å². The number of carbonyl (C=O) groups is 1. The molecule has 0 rings (SSSR count). The molecule has 10 heavy (non-hydrogen) atoms. The lowest BCUT2D eigenvalue weighted by molar-refractivity contribution is -0.122. The van der Waals surface area contributed by atoms with Crippen molar-refractivity contribution in [2.45, 2.75) is 32.8 Å². The van der Waals surface area contributed by atoms with Gasteiger partial charge in [0.25, 0.3) is 0 Å². The van der Waals surface area contributed by atoms with Crippen LogP contribution in [0.5, 0.6) is 0 Å². The van der Waals surface area contributed by atoms with Crippen LogP contribution in [0.15, 0.2) is 0 Å². The van der Waals surface area contributed by atoms with Gasteiger partial charge in [0.05, 0.1) is 6.10 Å². The van der Waals surface area contributed by atoms with Crippen molar-refractivity contribution in [3.63, 3.8) is 0 Å². The highest BCUT2D eigenvalue weighted by Crippen LogP contribution is 2.06. The van der Waals surface area contributed by atoms with Gasteiger partial charge in [-0.25, -0.2) is 0 Å². The number of aliphatic hydroxyl groups is 1. The van der Waals surface area contributed by atoms with E-state index in [9.17, 15) is 4.79 Å². The maximum absolute atomic E-state index is 10.5. The Hall–Kier alpha value is -0.570. The molecule has 0 bridgehead atoms. The van der Waals surface area contributed by atoms with Crippen LogP contribution in [0.2, 0.25) is 0 Å². The van der Waals surface area contributed by atoms with Crippen LogP contribution in [0.3, 0.4) is 0 Å². The lowest BCUT2D eigenvalue weighted by atomic mass is 10.0. The Balaban J connectivity index is 3.56.